The molecule has 0 aliphatic heterocycles. The van der Waals surface area contributed by atoms with Crippen LogP contribution in [-0.4, -0.2) is 20.8 Å². The first-order valence-corrected chi connectivity index (χ1v) is 8.35. The lowest BCUT2D eigenvalue weighted by Crippen LogP contribution is -2.26. The Morgan fingerprint density at radius 2 is 1.79 bits per heavy atom. The Balaban J connectivity index is 2.73. The van der Waals surface area contributed by atoms with Crippen LogP contribution < -0.4 is 9.88 Å². The summed E-state index contributed by atoms with van der Waals surface area (Å²) in [4.78, 5) is 0. The molecule has 0 aliphatic rings. The number of rotatable bonds is 6. The van der Waals surface area contributed by atoms with Gasteiger partial charge in [-0.15, -0.1) is 0 Å². The van der Waals surface area contributed by atoms with Crippen LogP contribution in [0.2, 0.25) is 15.1 Å². The quantitative estimate of drug-likeness (QED) is 0.803. The standard InChI is InChI=1S/C11H14Cl3NO3S/c1-2-7(6-19(15,16)17)5-18-11-4-9(13)8(12)3-10(11)14/h3-4,7H,2,5-6H2,1H3,(H2,15,16,17). The highest BCUT2D eigenvalue weighted by atomic mass is 35.5. The normalized spacial score (nSPS) is 13.3. The largest absolute Gasteiger partial charge is 0.492 e. The Morgan fingerprint density at radius 3 is 2.32 bits per heavy atom. The average Bonchev–Trinajstić information content (AvgIpc) is 2.28. The maximum absolute atomic E-state index is 11.0. The first kappa shape index (κ1) is 16.9. The zero-order valence-electron chi connectivity index (χ0n) is 10.2. The van der Waals surface area contributed by atoms with Gasteiger partial charge in [-0.25, -0.2) is 13.6 Å². The van der Waals surface area contributed by atoms with Gasteiger partial charge in [0, 0.05) is 12.0 Å². The van der Waals surface area contributed by atoms with Crippen molar-refractivity contribution >= 4 is 44.8 Å². The van der Waals surface area contributed by atoms with Crippen molar-refractivity contribution in [3.05, 3.63) is 27.2 Å². The van der Waals surface area contributed by atoms with Gasteiger partial charge in [-0.2, -0.15) is 0 Å². The van der Waals surface area contributed by atoms with Crippen molar-refractivity contribution < 1.29 is 13.2 Å². The Hall–Kier alpha value is -0.200. The van der Waals surface area contributed by atoms with E-state index in [2.05, 4.69) is 0 Å². The van der Waals surface area contributed by atoms with Crippen molar-refractivity contribution in [1.29, 1.82) is 0 Å². The maximum Gasteiger partial charge on any atom is 0.209 e. The summed E-state index contributed by atoms with van der Waals surface area (Å²) in [6.45, 7) is 2.04. The van der Waals surface area contributed by atoms with E-state index in [0.717, 1.165) is 0 Å². The van der Waals surface area contributed by atoms with Crippen molar-refractivity contribution in [2.24, 2.45) is 11.1 Å². The van der Waals surface area contributed by atoms with Gasteiger partial charge in [0.2, 0.25) is 10.0 Å². The highest BCUT2D eigenvalue weighted by Crippen LogP contribution is 2.34. The monoisotopic (exact) mass is 345 g/mol. The molecule has 0 bridgehead atoms. The number of nitrogens with two attached hydrogens (primary N) is 1. The number of primary sulfonamides is 1. The molecule has 8 heteroatoms. The second kappa shape index (κ2) is 6.99. The fraction of sp³-hybridized carbons (Fsp3) is 0.455. The van der Waals surface area contributed by atoms with Crippen LogP contribution in [0.1, 0.15) is 13.3 Å². The Labute approximate surface area is 127 Å². The second-order valence-electron chi connectivity index (χ2n) is 4.11. The molecule has 1 aromatic rings. The summed E-state index contributed by atoms with van der Waals surface area (Å²) in [5.41, 5.74) is 0. The molecule has 19 heavy (non-hydrogen) atoms. The Bertz CT molecular complexity index is 548. The summed E-state index contributed by atoms with van der Waals surface area (Å²) in [6, 6.07) is 2.97. The van der Waals surface area contributed by atoms with E-state index in [-0.39, 0.29) is 18.3 Å². The van der Waals surface area contributed by atoms with Crippen molar-refractivity contribution in [3.63, 3.8) is 0 Å². The van der Waals surface area contributed by atoms with Crippen LogP contribution in [-0.2, 0) is 10.0 Å². The second-order valence-corrected chi connectivity index (χ2v) is 6.99. The molecule has 0 spiro atoms. The van der Waals surface area contributed by atoms with E-state index < -0.39 is 10.0 Å². The lowest BCUT2D eigenvalue weighted by molar-refractivity contribution is 0.258. The molecule has 0 saturated carbocycles. The van der Waals surface area contributed by atoms with Crippen LogP contribution in [0, 0.1) is 5.92 Å². The van der Waals surface area contributed by atoms with E-state index in [1.165, 1.54) is 12.1 Å². The van der Waals surface area contributed by atoms with E-state index >= 15 is 0 Å². The van der Waals surface area contributed by atoms with Gasteiger partial charge in [0.15, 0.2) is 0 Å². The van der Waals surface area contributed by atoms with Crippen molar-refractivity contribution in [2.45, 2.75) is 13.3 Å². The third kappa shape index (κ3) is 5.75. The van der Waals surface area contributed by atoms with Gasteiger partial charge in [0.1, 0.15) is 5.75 Å². The molecule has 0 fully saturated rings. The predicted molar refractivity (Wildman–Crippen MR) is 78.7 cm³/mol. The van der Waals surface area contributed by atoms with Crippen LogP contribution in [0.25, 0.3) is 0 Å². The minimum absolute atomic E-state index is 0.136. The molecule has 108 valence electrons. The van der Waals surface area contributed by atoms with E-state index in [9.17, 15) is 8.42 Å². The molecule has 0 saturated heterocycles. The number of ether oxygens (including phenoxy) is 1. The van der Waals surface area contributed by atoms with E-state index in [0.29, 0.717) is 27.2 Å². The van der Waals surface area contributed by atoms with Gasteiger partial charge < -0.3 is 4.74 Å². The zero-order valence-corrected chi connectivity index (χ0v) is 13.3. The zero-order chi connectivity index (χ0) is 14.6. The lowest BCUT2D eigenvalue weighted by atomic mass is 10.1. The summed E-state index contributed by atoms with van der Waals surface area (Å²) in [6.07, 6.45) is 0.620. The first-order chi connectivity index (χ1) is 8.73. The number of halogens is 3. The maximum atomic E-state index is 11.0. The molecule has 4 nitrogen and oxygen atoms in total. The van der Waals surface area contributed by atoms with Crippen molar-refractivity contribution in [3.8, 4) is 5.75 Å². The molecule has 1 unspecified atom stereocenters. The molecular formula is C11H14Cl3NO3S. The molecule has 2 N–H and O–H groups in total. The van der Waals surface area contributed by atoms with Crippen LogP contribution in [0.3, 0.4) is 0 Å². The number of hydrogen-bond acceptors (Lipinski definition) is 3. The summed E-state index contributed by atoms with van der Waals surface area (Å²) in [7, 11) is -3.52. The lowest BCUT2D eigenvalue weighted by Gasteiger charge is -2.16. The third-order valence-corrected chi connectivity index (χ3v) is 4.45. The Morgan fingerprint density at radius 1 is 1.21 bits per heavy atom. The summed E-state index contributed by atoms with van der Waals surface area (Å²) in [5, 5.41) is 5.98. The topological polar surface area (TPSA) is 69.4 Å². The van der Waals surface area contributed by atoms with Crippen LogP contribution in [0.5, 0.6) is 5.75 Å². The van der Waals surface area contributed by atoms with E-state index in [1.54, 1.807) is 0 Å². The molecule has 0 aliphatic carbocycles. The summed E-state index contributed by atoms with van der Waals surface area (Å²) >= 11 is 17.6. The van der Waals surface area contributed by atoms with Crippen LogP contribution in [0.4, 0.5) is 0 Å². The van der Waals surface area contributed by atoms with Crippen LogP contribution in [0.15, 0.2) is 12.1 Å². The molecule has 0 aromatic heterocycles. The van der Waals surface area contributed by atoms with Gasteiger partial charge in [-0.05, 0) is 12.5 Å². The number of hydrogen-bond donors (Lipinski definition) is 1. The molecule has 0 radical (unpaired) electrons. The highest BCUT2D eigenvalue weighted by Gasteiger charge is 2.16. The third-order valence-electron chi connectivity index (χ3n) is 2.49. The molecule has 1 aromatic carbocycles. The van der Waals surface area contributed by atoms with Gasteiger partial charge in [0.25, 0.3) is 0 Å². The number of sulfonamides is 1. The average molecular weight is 347 g/mol. The molecule has 1 rings (SSSR count). The van der Waals surface area contributed by atoms with Crippen molar-refractivity contribution in [1.82, 2.24) is 0 Å². The predicted octanol–water partition coefficient (Wildman–Crippen LogP) is 3.34. The smallest absolute Gasteiger partial charge is 0.209 e. The van der Waals surface area contributed by atoms with Crippen molar-refractivity contribution in [2.75, 3.05) is 12.4 Å². The van der Waals surface area contributed by atoms with Gasteiger partial charge >= 0.3 is 0 Å². The van der Waals surface area contributed by atoms with Gasteiger partial charge in [0.05, 0.1) is 27.4 Å². The molecule has 0 amide bonds. The van der Waals surface area contributed by atoms with E-state index in [1.807, 2.05) is 6.92 Å². The minimum atomic E-state index is -3.52. The summed E-state index contributed by atoms with van der Waals surface area (Å²) in [5.74, 6) is 0.0204. The van der Waals surface area contributed by atoms with Gasteiger partial charge in [-0.3, -0.25) is 0 Å². The SMILES string of the molecule is CCC(COc1cc(Cl)c(Cl)cc1Cl)CS(N)(=O)=O. The summed E-state index contributed by atoms with van der Waals surface area (Å²) < 4.78 is 27.5. The fourth-order valence-corrected chi connectivity index (χ4v) is 3.02. The van der Waals surface area contributed by atoms with Gasteiger partial charge in [-0.1, -0.05) is 41.7 Å². The Kier molecular flexibility index (Phi) is 6.20. The highest BCUT2D eigenvalue weighted by molar-refractivity contribution is 7.89. The first-order valence-electron chi connectivity index (χ1n) is 5.50. The minimum Gasteiger partial charge on any atom is -0.492 e. The molecule has 0 heterocycles. The fourth-order valence-electron chi connectivity index (χ4n) is 1.43. The van der Waals surface area contributed by atoms with Crippen LogP contribution >= 0.6 is 34.8 Å². The molecular weight excluding hydrogens is 333 g/mol. The van der Waals surface area contributed by atoms with E-state index in [4.69, 9.17) is 44.7 Å². The number of benzene rings is 1. The molecule has 1 atom stereocenters.